The Morgan fingerprint density at radius 2 is 2.18 bits per heavy atom. The molecule has 0 bridgehead atoms. The van der Waals surface area contributed by atoms with Crippen LogP contribution in [0.3, 0.4) is 0 Å². The monoisotopic (exact) mass is 324 g/mol. The highest BCUT2D eigenvalue weighted by molar-refractivity contribution is 8.00. The second-order valence-corrected chi connectivity index (χ2v) is 8.82. The Hall–Kier alpha value is -0.590. The molecule has 0 spiro atoms. The average molecular weight is 324 g/mol. The summed E-state index contributed by atoms with van der Waals surface area (Å²) in [6.45, 7) is 8.50. The van der Waals surface area contributed by atoms with Crippen LogP contribution >= 0.6 is 11.8 Å². The molecule has 0 amide bonds. The number of thioether (sulfide) groups is 1. The summed E-state index contributed by atoms with van der Waals surface area (Å²) < 4.78 is 7.20. The Bertz CT molecular complexity index is 511. The van der Waals surface area contributed by atoms with Gasteiger partial charge < -0.3 is 10.1 Å². The van der Waals surface area contributed by atoms with E-state index >= 15 is 0 Å². The predicted octanol–water partition coefficient (Wildman–Crippen LogP) is 2.25. The van der Waals surface area contributed by atoms with Crippen molar-refractivity contribution in [2.45, 2.75) is 70.5 Å². The van der Waals surface area contributed by atoms with E-state index in [0.29, 0.717) is 24.1 Å². The third-order valence-corrected chi connectivity index (χ3v) is 6.51. The molecule has 3 heterocycles. The lowest BCUT2D eigenvalue weighted by atomic mass is 9.88. The van der Waals surface area contributed by atoms with Crippen molar-refractivity contribution in [3.8, 4) is 0 Å². The summed E-state index contributed by atoms with van der Waals surface area (Å²) in [7, 11) is 1.69. The zero-order valence-corrected chi connectivity index (χ0v) is 14.9. The maximum atomic E-state index is 5.13. The highest BCUT2D eigenvalue weighted by atomic mass is 32.2. The maximum Gasteiger partial charge on any atom is 0.176 e. The topological polar surface area (TPSA) is 52.0 Å². The quantitative estimate of drug-likeness (QED) is 0.920. The molecular formula is C16H28N4OS. The zero-order valence-electron chi connectivity index (χ0n) is 14.1. The summed E-state index contributed by atoms with van der Waals surface area (Å²) in [5, 5.41) is 9.18. The van der Waals surface area contributed by atoms with E-state index in [4.69, 9.17) is 4.74 Å². The summed E-state index contributed by atoms with van der Waals surface area (Å²) in [4.78, 5) is 4.55. The predicted molar refractivity (Wildman–Crippen MR) is 90.1 cm³/mol. The van der Waals surface area contributed by atoms with Gasteiger partial charge in [0, 0.05) is 36.6 Å². The van der Waals surface area contributed by atoms with E-state index in [1.807, 2.05) is 0 Å². The number of nitrogens with zero attached hydrogens (tertiary/aromatic N) is 3. The fourth-order valence-electron chi connectivity index (χ4n) is 3.37. The molecule has 1 N–H and O–H groups in total. The number of hydrogen-bond acceptors (Lipinski definition) is 5. The van der Waals surface area contributed by atoms with Gasteiger partial charge in [0.1, 0.15) is 12.4 Å². The molecule has 0 aromatic carbocycles. The molecule has 1 aromatic heterocycles. The molecule has 1 fully saturated rings. The van der Waals surface area contributed by atoms with E-state index < -0.39 is 0 Å². The maximum absolute atomic E-state index is 5.13. The van der Waals surface area contributed by atoms with Crippen molar-refractivity contribution in [3.63, 3.8) is 0 Å². The minimum atomic E-state index is 0.405. The van der Waals surface area contributed by atoms with Crippen LogP contribution in [0.5, 0.6) is 0 Å². The van der Waals surface area contributed by atoms with E-state index in [-0.39, 0.29) is 0 Å². The van der Waals surface area contributed by atoms with Crippen LogP contribution in [0.2, 0.25) is 0 Å². The number of methoxy groups -OCH3 is 1. The average Bonchev–Trinajstić information content (AvgIpc) is 3.04. The molecule has 6 heteroatoms. The lowest BCUT2D eigenvalue weighted by Crippen LogP contribution is -2.44. The first-order chi connectivity index (χ1) is 10.5. The van der Waals surface area contributed by atoms with Gasteiger partial charge in [-0.05, 0) is 18.3 Å². The summed E-state index contributed by atoms with van der Waals surface area (Å²) in [5.74, 6) is 3.15. The number of hydrogen-bond donors (Lipinski definition) is 1. The number of ether oxygens (including phenoxy) is 1. The molecule has 0 aliphatic carbocycles. The van der Waals surface area contributed by atoms with Gasteiger partial charge in [-0.3, -0.25) is 0 Å². The van der Waals surface area contributed by atoms with Crippen molar-refractivity contribution in [1.29, 1.82) is 0 Å². The van der Waals surface area contributed by atoms with Crippen LogP contribution in [-0.2, 0) is 24.3 Å². The van der Waals surface area contributed by atoms with E-state index in [1.54, 1.807) is 7.11 Å². The molecule has 22 heavy (non-hydrogen) atoms. The third kappa shape index (κ3) is 3.66. The second-order valence-electron chi connectivity index (χ2n) is 7.58. The molecule has 1 aromatic rings. The molecule has 3 rings (SSSR count). The number of aryl methyl sites for hydroxylation is 1. The van der Waals surface area contributed by atoms with Gasteiger partial charge in [0.25, 0.3) is 0 Å². The van der Waals surface area contributed by atoms with Crippen LogP contribution in [0.25, 0.3) is 0 Å². The van der Waals surface area contributed by atoms with Gasteiger partial charge in [-0.25, -0.2) is 9.67 Å². The van der Waals surface area contributed by atoms with Crippen LogP contribution in [0.15, 0.2) is 0 Å². The fourth-order valence-corrected chi connectivity index (χ4v) is 4.93. The smallest absolute Gasteiger partial charge is 0.176 e. The molecule has 2 aliphatic heterocycles. The van der Waals surface area contributed by atoms with E-state index in [1.165, 1.54) is 12.2 Å². The molecule has 0 unspecified atom stereocenters. The first-order valence-corrected chi connectivity index (χ1v) is 9.30. The van der Waals surface area contributed by atoms with Gasteiger partial charge in [-0.1, -0.05) is 20.8 Å². The highest BCUT2D eigenvalue weighted by Gasteiger charge is 2.35. The van der Waals surface area contributed by atoms with Crippen LogP contribution in [0.4, 0.5) is 0 Å². The Morgan fingerprint density at radius 3 is 2.86 bits per heavy atom. The number of nitrogens with one attached hydrogen (secondary N) is 1. The molecular weight excluding hydrogens is 296 g/mol. The lowest BCUT2D eigenvalue weighted by molar-refractivity contribution is 0.177. The van der Waals surface area contributed by atoms with E-state index in [0.717, 1.165) is 36.3 Å². The first-order valence-electron chi connectivity index (χ1n) is 8.25. The first kappa shape index (κ1) is 16.3. The van der Waals surface area contributed by atoms with Crippen LogP contribution in [-0.4, -0.2) is 45.0 Å². The second kappa shape index (κ2) is 6.49. The fraction of sp³-hybridized carbons (Fsp3) is 0.875. The number of fused-ring (bicyclic) bond motifs is 1. The molecule has 0 radical (unpaired) electrons. The van der Waals surface area contributed by atoms with E-state index in [9.17, 15) is 0 Å². The minimum absolute atomic E-state index is 0.405. The Morgan fingerprint density at radius 1 is 1.36 bits per heavy atom. The Labute approximate surface area is 137 Å². The molecule has 124 valence electrons. The van der Waals surface area contributed by atoms with Crippen molar-refractivity contribution < 1.29 is 4.74 Å². The van der Waals surface area contributed by atoms with E-state index in [2.05, 4.69) is 52.6 Å². The Balaban J connectivity index is 1.55. The zero-order chi connectivity index (χ0) is 15.7. The molecule has 5 nitrogen and oxygen atoms in total. The minimum Gasteiger partial charge on any atom is -0.377 e. The SMILES string of the molecule is COCc1nc2n(n1)C[C@H](N[C@H]1CS[C@H](C(C)(C)C)C1)CC2. The van der Waals surface area contributed by atoms with Crippen LogP contribution in [0.1, 0.15) is 45.3 Å². The van der Waals surface area contributed by atoms with Gasteiger partial charge >= 0.3 is 0 Å². The van der Waals surface area contributed by atoms with Gasteiger partial charge in [-0.15, -0.1) is 0 Å². The van der Waals surface area contributed by atoms with Gasteiger partial charge in [0.05, 0.1) is 6.54 Å². The van der Waals surface area contributed by atoms with Crippen LogP contribution < -0.4 is 5.32 Å². The summed E-state index contributed by atoms with van der Waals surface area (Å²) >= 11 is 2.13. The molecule has 2 aliphatic rings. The molecule has 3 atom stereocenters. The lowest BCUT2D eigenvalue weighted by Gasteiger charge is -2.28. The van der Waals surface area contributed by atoms with Crippen molar-refractivity contribution in [1.82, 2.24) is 20.1 Å². The summed E-state index contributed by atoms with van der Waals surface area (Å²) in [6, 6.07) is 1.16. The van der Waals surface area contributed by atoms with Gasteiger partial charge in [0.2, 0.25) is 0 Å². The Kier molecular flexibility index (Phi) is 4.80. The van der Waals surface area contributed by atoms with Crippen molar-refractivity contribution in [2.24, 2.45) is 5.41 Å². The third-order valence-electron chi connectivity index (χ3n) is 4.61. The summed E-state index contributed by atoms with van der Waals surface area (Å²) in [5.41, 5.74) is 0.405. The highest BCUT2D eigenvalue weighted by Crippen LogP contribution is 2.39. The molecule has 0 saturated carbocycles. The van der Waals surface area contributed by atoms with Crippen molar-refractivity contribution >= 4 is 11.8 Å². The van der Waals surface area contributed by atoms with Gasteiger partial charge in [0.15, 0.2) is 5.82 Å². The van der Waals surface area contributed by atoms with Gasteiger partial charge in [-0.2, -0.15) is 16.9 Å². The standard InChI is InChI=1S/C16H28N4OS/c1-16(2,3)13-7-12(10-22-13)17-11-5-6-15-18-14(9-21-4)19-20(15)8-11/h11-13,17H,5-10H2,1-4H3/t11-,12-,13+/m1/s1. The number of rotatable bonds is 4. The normalized spacial score (nSPS) is 28.8. The van der Waals surface area contributed by atoms with Crippen LogP contribution in [0, 0.1) is 5.41 Å². The summed E-state index contributed by atoms with van der Waals surface area (Å²) in [6.07, 6.45) is 3.45. The molecule has 1 saturated heterocycles. The van der Waals surface area contributed by atoms with Crippen molar-refractivity contribution in [3.05, 3.63) is 11.6 Å². The number of aromatic nitrogens is 3. The van der Waals surface area contributed by atoms with Crippen molar-refractivity contribution in [2.75, 3.05) is 12.9 Å². The largest absolute Gasteiger partial charge is 0.377 e.